The number of ether oxygens (including phenoxy) is 1. The smallest absolute Gasteiger partial charge is 0.341 e. The zero-order valence-electron chi connectivity index (χ0n) is 7.14. The predicted molar refractivity (Wildman–Crippen MR) is 47.4 cm³/mol. The van der Waals surface area contributed by atoms with E-state index in [9.17, 15) is 9.59 Å². The number of carbonyl (C=O) groups is 1. The number of carboxylic acid groups (broad SMARTS) is 1. The average Bonchev–Trinajstić information content (AvgIpc) is 2.17. The fourth-order valence-electron chi connectivity index (χ4n) is 0.860. The molecule has 0 atom stereocenters. The normalized spacial score (nSPS) is 8.86. The van der Waals surface area contributed by atoms with Crippen LogP contribution in [0.25, 0.3) is 0 Å². The molecule has 0 saturated carbocycles. The molecule has 0 aliphatic heterocycles. The summed E-state index contributed by atoms with van der Waals surface area (Å²) in [6.07, 6.45) is 1.36. The van der Waals surface area contributed by atoms with Crippen LogP contribution < -0.4 is 4.74 Å². The topological polar surface area (TPSA) is 76.0 Å². The molecule has 5 nitrogen and oxygen atoms in total. The zero-order chi connectivity index (χ0) is 10.4. The molecule has 0 radical (unpaired) electrons. The van der Waals surface area contributed by atoms with Crippen molar-refractivity contribution in [1.29, 1.82) is 0 Å². The molecule has 1 aromatic carbocycles. The van der Waals surface area contributed by atoms with Crippen LogP contribution in [0.15, 0.2) is 29.3 Å². The second-order valence-corrected chi connectivity index (χ2v) is 2.35. The first kappa shape index (κ1) is 9.95. The lowest BCUT2D eigenvalue weighted by atomic mass is 10.3. The third kappa shape index (κ3) is 2.73. The van der Waals surface area contributed by atoms with Crippen LogP contribution in [-0.4, -0.2) is 23.8 Å². The number of carbonyl (C=O) groups excluding carboxylic acids is 1. The summed E-state index contributed by atoms with van der Waals surface area (Å²) in [6, 6.07) is 6.37. The lowest BCUT2D eigenvalue weighted by molar-refractivity contribution is -0.139. The van der Waals surface area contributed by atoms with Gasteiger partial charge in [0.05, 0.1) is 0 Å². The summed E-state index contributed by atoms with van der Waals surface area (Å²) in [6.45, 7) is -0.467. The summed E-state index contributed by atoms with van der Waals surface area (Å²) >= 11 is 0. The number of hydrogen-bond donors (Lipinski definition) is 1. The van der Waals surface area contributed by atoms with Gasteiger partial charge in [-0.25, -0.2) is 9.59 Å². The van der Waals surface area contributed by atoms with E-state index in [1.54, 1.807) is 12.1 Å². The van der Waals surface area contributed by atoms with Gasteiger partial charge in [-0.15, -0.1) is 0 Å². The molecule has 0 aliphatic rings. The van der Waals surface area contributed by atoms with Crippen LogP contribution in [-0.2, 0) is 9.59 Å². The van der Waals surface area contributed by atoms with E-state index in [4.69, 9.17) is 9.84 Å². The van der Waals surface area contributed by atoms with Gasteiger partial charge in [-0.05, 0) is 12.1 Å². The van der Waals surface area contributed by atoms with E-state index in [1.165, 1.54) is 18.2 Å². The molecule has 0 heterocycles. The lowest BCUT2D eigenvalue weighted by Gasteiger charge is -2.04. The average molecular weight is 193 g/mol. The molecule has 1 N–H and O–H groups in total. The number of hydrogen-bond acceptors (Lipinski definition) is 4. The molecule has 1 rings (SSSR count). The van der Waals surface area contributed by atoms with Crippen LogP contribution in [0.1, 0.15) is 0 Å². The van der Waals surface area contributed by atoms with E-state index >= 15 is 0 Å². The summed E-state index contributed by atoms with van der Waals surface area (Å²) in [5.74, 6) is -0.840. The van der Waals surface area contributed by atoms with Gasteiger partial charge in [-0.2, -0.15) is 4.99 Å². The highest BCUT2D eigenvalue weighted by Gasteiger charge is 2.03. The largest absolute Gasteiger partial charge is 0.480 e. The monoisotopic (exact) mass is 193 g/mol. The van der Waals surface area contributed by atoms with Gasteiger partial charge in [0.1, 0.15) is 11.4 Å². The van der Waals surface area contributed by atoms with Gasteiger partial charge in [0.25, 0.3) is 0 Å². The number of aliphatic carboxylic acids is 1. The first-order valence-corrected chi connectivity index (χ1v) is 3.75. The highest BCUT2D eigenvalue weighted by molar-refractivity contribution is 5.69. The number of aliphatic imine (C=N–C) groups is 1. The van der Waals surface area contributed by atoms with Crippen molar-refractivity contribution in [3.05, 3.63) is 24.3 Å². The van der Waals surface area contributed by atoms with E-state index < -0.39 is 12.6 Å². The van der Waals surface area contributed by atoms with Crippen molar-refractivity contribution >= 4 is 17.7 Å². The Hall–Kier alpha value is -2.13. The van der Waals surface area contributed by atoms with Gasteiger partial charge in [-0.1, -0.05) is 12.1 Å². The number of nitrogens with zero attached hydrogens (tertiary/aromatic N) is 1. The van der Waals surface area contributed by atoms with Crippen molar-refractivity contribution in [2.24, 2.45) is 4.99 Å². The molecule has 0 fully saturated rings. The minimum absolute atomic E-state index is 0.248. The summed E-state index contributed by atoms with van der Waals surface area (Å²) in [4.78, 5) is 23.6. The Morgan fingerprint density at radius 2 is 2.21 bits per heavy atom. The number of isocyanates is 1. The van der Waals surface area contributed by atoms with E-state index in [-0.39, 0.29) is 11.4 Å². The second kappa shape index (κ2) is 4.79. The van der Waals surface area contributed by atoms with Gasteiger partial charge in [0.15, 0.2) is 6.61 Å². The highest BCUT2D eigenvalue weighted by atomic mass is 16.5. The van der Waals surface area contributed by atoms with Gasteiger partial charge >= 0.3 is 5.97 Å². The van der Waals surface area contributed by atoms with Crippen LogP contribution in [0.4, 0.5) is 5.69 Å². The summed E-state index contributed by atoms with van der Waals surface area (Å²) in [5, 5.41) is 8.36. The fourth-order valence-corrected chi connectivity index (χ4v) is 0.860. The van der Waals surface area contributed by atoms with Crippen LogP contribution >= 0.6 is 0 Å². The van der Waals surface area contributed by atoms with Crippen molar-refractivity contribution in [2.75, 3.05) is 6.61 Å². The molecule has 72 valence electrons. The molecule has 0 bridgehead atoms. The zero-order valence-corrected chi connectivity index (χ0v) is 7.14. The standard InChI is InChI=1S/C9H7NO4/c11-6-10-7-3-1-2-4-8(7)14-5-9(12)13/h1-4H,5H2,(H,12,13). The Bertz CT molecular complexity index is 382. The van der Waals surface area contributed by atoms with Crippen molar-refractivity contribution < 1.29 is 19.4 Å². The molecular formula is C9H7NO4. The SMILES string of the molecule is O=C=Nc1ccccc1OCC(=O)O. The predicted octanol–water partition coefficient (Wildman–Crippen LogP) is 1.12. The van der Waals surface area contributed by atoms with Gasteiger partial charge in [0, 0.05) is 0 Å². The molecule has 0 aromatic heterocycles. The van der Waals surface area contributed by atoms with Crippen molar-refractivity contribution in [2.45, 2.75) is 0 Å². The first-order chi connectivity index (χ1) is 6.74. The quantitative estimate of drug-likeness (QED) is 0.574. The number of benzene rings is 1. The number of carboxylic acids is 1. The maximum atomic E-state index is 10.2. The van der Waals surface area contributed by atoms with E-state index in [0.717, 1.165) is 0 Å². The number of para-hydroxylation sites is 2. The molecular weight excluding hydrogens is 186 g/mol. The number of rotatable bonds is 4. The van der Waals surface area contributed by atoms with Crippen LogP contribution in [0.5, 0.6) is 5.75 Å². The summed E-state index contributed by atoms with van der Waals surface area (Å²) in [7, 11) is 0. The Morgan fingerprint density at radius 3 is 2.86 bits per heavy atom. The Kier molecular flexibility index (Phi) is 3.41. The maximum Gasteiger partial charge on any atom is 0.341 e. The van der Waals surface area contributed by atoms with Gasteiger partial charge in [-0.3, -0.25) is 0 Å². The lowest BCUT2D eigenvalue weighted by Crippen LogP contribution is -2.09. The molecule has 5 heteroatoms. The highest BCUT2D eigenvalue weighted by Crippen LogP contribution is 2.25. The van der Waals surface area contributed by atoms with E-state index in [2.05, 4.69) is 4.99 Å². The molecule has 14 heavy (non-hydrogen) atoms. The van der Waals surface area contributed by atoms with Crippen molar-refractivity contribution in [3.8, 4) is 5.75 Å². The van der Waals surface area contributed by atoms with Crippen LogP contribution in [0, 0.1) is 0 Å². The molecule has 0 spiro atoms. The van der Waals surface area contributed by atoms with Crippen LogP contribution in [0.2, 0.25) is 0 Å². The fraction of sp³-hybridized carbons (Fsp3) is 0.111. The van der Waals surface area contributed by atoms with Crippen molar-refractivity contribution in [3.63, 3.8) is 0 Å². The first-order valence-electron chi connectivity index (χ1n) is 3.75. The third-order valence-electron chi connectivity index (χ3n) is 1.38. The minimum atomic E-state index is -1.09. The van der Waals surface area contributed by atoms with Crippen molar-refractivity contribution in [1.82, 2.24) is 0 Å². The maximum absolute atomic E-state index is 10.2. The summed E-state index contributed by atoms with van der Waals surface area (Å²) in [5.41, 5.74) is 0.267. The minimum Gasteiger partial charge on any atom is -0.480 e. The van der Waals surface area contributed by atoms with E-state index in [0.29, 0.717) is 0 Å². The van der Waals surface area contributed by atoms with Gasteiger partial charge < -0.3 is 9.84 Å². The Labute approximate surface area is 79.7 Å². The van der Waals surface area contributed by atoms with E-state index in [1.807, 2.05) is 0 Å². The van der Waals surface area contributed by atoms with Gasteiger partial charge in [0.2, 0.25) is 6.08 Å². The molecule has 0 saturated heterocycles. The second-order valence-electron chi connectivity index (χ2n) is 2.35. The molecule has 0 aliphatic carbocycles. The Morgan fingerprint density at radius 1 is 1.50 bits per heavy atom. The molecule has 0 amide bonds. The molecule has 0 unspecified atom stereocenters. The Balaban J connectivity index is 2.84. The molecule has 1 aromatic rings. The summed E-state index contributed by atoms with van der Waals surface area (Å²) < 4.78 is 4.88. The van der Waals surface area contributed by atoms with Crippen LogP contribution in [0.3, 0.4) is 0 Å². The third-order valence-corrected chi connectivity index (χ3v) is 1.38.